The lowest BCUT2D eigenvalue weighted by molar-refractivity contribution is 0.668. The summed E-state index contributed by atoms with van der Waals surface area (Å²) in [6.07, 6.45) is 1.28. The van der Waals surface area contributed by atoms with Gasteiger partial charge < -0.3 is 13.7 Å². The molecule has 0 N–H and O–H groups in total. The SMILES string of the molecule is Cc1cccc(-c2c(-c3ccccc3-c3ccccc3)ccc3c2-c2c(c(N(c4ccccc4-c4ccccc4)c4cccc(C)c4-c4cccc5oc6ccccc6c45)c(-c4ccccc4)c(-c4ccccc4)c2-c2c4c(cc(-c5ccccc5)c2-c2ccccc2)-c2ccccc2C4)C3)c1-c1cccc2oc3ccccc3c12. The van der Waals surface area contributed by atoms with Crippen LogP contribution in [0.3, 0.4) is 0 Å². The summed E-state index contributed by atoms with van der Waals surface area (Å²) in [4.78, 5) is 2.72. The number of aryl methyl sites for hydroxylation is 2. The van der Waals surface area contributed by atoms with E-state index >= 15 is 0 Å². The van der Waals surface area contributed by atoms with E-state index in [1.165, 1.54) is 66.8 Å². The summed E-state index contributed by atoms with van der Waals surface area (Å²) >= 11 is 0. The Kier molecular flexibility index (Phi) is 16.2. The monoisotopic (exact) mass is 1470 g/mol. The molecule has 2 aliphatic rings. The van der Waals surface area contributed by atoms with Crippen molar-refractivity contribution >= 4 is 60.9 Å². The van der Waals surface area contributed by atoms with Gasteiger partial charge in [0.25, 0.3) is 0 Å². The van der Waals surface area contributed by atoms with Gasteiger partial charge in [-0.2, -0.15) is 0 Å². The molecule has 3 nitrogen and oxygen atoms in total. The quantitative estimate of drug-likeness (QED) is 0.109. The van der Waals surface area contributed by atoms with E-state index in [9.17, 15) is 0 Å². The molecule has 2 aliphatic carbocycles. The third-order valence-corrected chi connectivity index (χ3v) is 24.2. The molecule has 2 aromatic heterocycles. The van der Waals surface area contributed by atoms with Gasteiger partial charge in [0.15, 0.2) is 0 Å². The lowest BCUT2D eigenvalue weighted by Gasteiger charge is -2.36. The van der Waals surface area contributed by atoms with Crippen molar-refractivity contribution < 1.29 is 8.83 Å². The predicted octanol–water partition coefficient (Wildman–Crippen LogP) is 31.1. The first-order valence-electron chi connectivity index (χ1n) is 40.0. The first-order chi connectivity index (χ1) is 57.0. The maximum atomic E-state index is 6.91. The molecule has 0 atom stereocenters. The second-order valence-electron chi connectivity index (χ2n) is 30.7. The van der Waals surface area contributed by atoms with Gasteiger partial charge in [0.1, 0.15) is 22.3 Å². The van der Waals surface area contributed by atoms with E-state index in [4.69, 9.17) is 8.83 Å². The number of nitrogens with zero attached hydrogens (tertiary/aromatic N) is 1. The normalized spacial score (nSPS) is 12.0. The predicted molar refractivity (Wildman–Crippen MR) is 481 cm³/mol. The van der Waals surface area contributed by atoms with Crippen LogP contribution in [0.5, 0.6) is 0 Å². The Morgan fingerprint density at radius 2 is 0.626 bits per heavy atom. The zero-order valence-corrected chi connectivity index (χ0v) is 63.7. The van der Waals surface area contributed by atoms with E-state index in [2.05, 4.69) is 413 Å². The summed E-state index contributed by atoms with van der Waals surface area (Å²) in [5, 5.41) is 4.32. The smallest absolute Gasteiger partial charge is 0.136 e. The van der Waals surface area contributed by atoms with Crippen LogP contribution in [0.4, 0.5) is 17.1 Å². The van der Waals surface area contributed by atoms with Crippen LogP contribution >= 0.6 is 0 Å². The van der Waals surface area contributed by atoms with Crippen LogP contribution in [0.25, 0.3) is 189 Å². The minimum Gasteiger partial charge on any atom is -0.456 e. The molecule has 18 aromatic carbocycles. The summed E-state index contributed by atoms with van der Waals surface area (Å²) in [5.41, 5.74) is 43.9. The van der Waals surface area contributed by atoms with E-state index in [-0.39, 0.29) is 0 Å². The fourth-order valence-electron chi connectivity index (χ4n) is 19.5. The van der Waals surface area contributed by atoms with Crippen LogP contribution in [0.1, 0.15) is 33.4 Å². The maximum Gasteiger partial charge on any atom is 0.136 e. The molecule has 0 radical (unpaired) electrons. The summed E-state index contributed by atoms with van der Waals surface area (Å²) in [7, 11) is 0. The largest absolute Gasteiger partial charge is 0.456 e. The van der Waals surface area contributed by atoms with Gasteiger partial charge in [0.2, 0.25) is 0 Å². The number of hydrogen-bond acceptors (Lipinski definition) is 3. The number of hydrogen-bond donors (Lipinski definition) is 0. The molecule has 2 heterocycles. The van der Waals surface area contributed by atoms with Crippen molar-refractivity contribution in [1.29, 1.82) is 0 Å². The average Bonchev–Trinajstić information content (AvgIpc) is 1.59. The fraction of sp³-hybridized carbons (Fsp3) is 0.0357. The Labute approximate surface area is 669 Å². The minimum absolute atomic E-state index is 0.563. The summed E-state index contributed by atoms with van der Waals surface area (Å²) in [5.74, 6) is 0. The molecule has 22 rings (SSSR count). The van der Waals surface area contributed by atoms with Crippen molar-refractivity contribution in [3.8, 4) is 145 Å². The zero-order valence-electron chi connectivity index (χ0n) is 63.7. The third-order valence-electron chi connectivity index (χ3n) is 24.2. The van der Waals surface area contributed by atoms with Gasteiger partial charge in [-0.3, -0.25) is 0 Å². The highest BCUT2D eigenvalue weighted by Crippen LogP contribution is 2.66. The van der Waals surface area contributed by atoms with E-state index in [1.807, 2.05) is 0 Å². The molecule has 115 heavy (non-hydrogen) atoms. The maximum absolute atomic E-state index is 6.91. The van der Waals surface area contributed by atoms with Gasteiger partial charge in [0.05, 0.1) is 17.1 Å². The molecule has 0 aliphatic heterocycles. The lowest BCUT2D eigenvalue weighted by atomic mass is 9.73. The van der Waals surface area contributed by atoms with Gasteiger partial charge in [0, 0.05) is 50.2 Å². The molecule has 0 saturated carbocycles. The van der Waals surface area contributed by atoms with Crippen LogP contribution in [-0.4, -0.2) is 0 Å². The van der Waals surface area contributed by atoms with Crippen molar-refractivity contribution in [3.05, 3.63) is 428 Å². The van der Waals surface area contributed by atoms with Crippen molar-refractivity contribution in [2.24, 2.45) is 0 Å². The molecular formula is C112H75NO2. The van der Waals surface area contributed by atoms with Gasteiger partial charge in [-0.05, 0) is 219 Å². The van der Waals surface area contributed by atoms with Crippen molar-refractivity contribution in [1.82, 2.24) is 0 Å². The van der Waals surface area contributed by atoms with Crippen LogP contribution in [-0.2, 0) is 12.8 Å². The second kappa shape index (κ2) is 27.7. The summed E-state index contributed by atoms with van der Waals surface area (Å²) in [6.45, 7) is 4.61. The van der Waals surface area contributed by atoms with Gasteiger partial charge in [-0.25, -0.2) is 0 Å². The van der Waals surface area contributed by atoms with Crippen LogP contribution in [0.15, 0.2) is 403 Å². The first kappa shape index (κ1) is 67.3. The summed E-state index contributed by atoms with van der Waals surface area (Å²) < 4.78 is 13.8. The van der Waals surface area contributed by atoms with E-state index < -0.39 is 0 Å². The molecule has 0 fully saturated rings. The standard InChI is InChI=1S/C112H75NO2/c1-70-35-31-56-88(100(70)87-57-33-63-98-106(87)85-54-26-29-61-96(85)114-98)108-84(83-53-24-23-50-80(83)72-37-9-3-10-38-72)66-65-79-68-93-110(104(79)108)111(109-92-67-78-49-21-22-51-81(78)91(92)69-90(74-41-13-5-14-42-74)102(109)75-43-15-6-16-44-75)103(76-45-17-7-18-46-76)105(77-47-19-8-20-48-77)112(93)113(94-59-28-25-52-82(94)73-39-11-4-12-40-73)95-60-32-36-71(2)101(95)89-58-34-64-99-107(89)86-55-27-30-62-97(86)115-99/h3-66,69H,67-68H2,1-2H3. The minimum atomic E-state index is 0.563. The third kappa shape index (κ3) is 10.9. The van der Waals surface area contributed by atoms with Gasteiger partial charge >= 0.3 is 0 Å². The zero-order chi connectivity index (χ0) is 76.2. The molecule has 0 spiro atoms. The Morgan fingerprint density at radius 1 is 0.209 bits per heavy atom. The van der Waals surface area contributed by atoms with Crippen molar-refractivity contribution in [3.63, 3.8) is 0 Å². The number of furan rings is 2. The molecular weight excluding hydrogens is 1390 g/mol. The highest BCUT2D eigenvalue weighted by Gasteiger charge is 2.42. The molecule has 0 amide bonds. The van der Waals surface area contributed by atoms with E-state index in [0.29, 0.717) is 12.8 Å². The fourth-order valence-corrected chi connectivity index (χ4v) is 19.5. The van der Waals surface area contributed by atoms with Crippen LogP contribution in [0, 0.1) is 13.8 Å². The number of para-hydroxylation sites is 3. The highest BCUT2D eigenvalue weighted by molar-refractivity contribution is 6.22. The Hall–Kier alpha value is -14.6. The second-order valence-corrected chi connectivity index (χ2v) is 30.7. The number of rotatable bonds is 14. The van der Waals surface area contributed by atoms with E-state index in [0.717, 1.165) is 172 Å². The molecule has 0 saturated heterocycles. The number of anilines is 3. The molecule has 3 heteroatoms. The van der Waals surface area contributed by atoms with E-state index in [1.54, 1.807) is 0 Å². The van der Waals surface area contributed by atoms with Gasteiger partial charge in [-0.15, -0.1) is 0 Å². The van der Waals surface area contributed by atoms with Crippen molar-refractivity contribution in [2.45, 2.75) is 26.7 Å². The van der Waals surface area contributed by atoms with Crippen LogP contribution < -0.4 is 4.90 Å². The molecule has 0 unspecified atom stereocenters. The first-order valence-corrected chi connectivity index (χ1v) is 40.0. The Balaban J connectivity index is 1.01. The topological polar surface area (TPSA) is 29.5 Å². The average molecular weight is 1470 g/mol. The Morgan fingerprint density at radius 3 is 1.24 bits per heavy atom. The van der Waals surface area contributed by atoms with Gasteiger partial charge in [-0.1, -0.05) is 352 Å². The summed E-state index contributed by atoms with van der Waals surface area (Å²) in [6, 6.07) is 147. The lowest BCUT2D eigenvalue weighted by Crippen LogP contribution is -2.17. The number of benzene rings is 18. The number of fused-ring (bicyclic) bond motifs is 12. The molecule has 0 bridgehead atoms. The molecule has 20 aromatic rings. The van der Waals surface area contributed by atoms with Crippen LogP contribution in [0.2, 0.25) is 0 Å². The Bertz CT molecular complexity index is 7260. The highest BCUT2D eigenvalue weighted by atomic mass is 16.3. The molecule has 540 valence electrons. The van der Waals surface area contributed by atoms with Crippen molar-refractivity contribution in [2.75, 3.05) is 4.90 Å².